The fraction of sp³-hybridized carbons (Fsp3) is 1.00. The minimum atomic E-state index is 0.457. The summed E-state index contributed by atoms with van der Waals surface area (Å²) in [7, 11) is 2.14. The molecule has 0 aromatic rings. The molecule has 0 spiro atoms. The topological polar surface area (TPSA) is 24.5 Å². The van der Waals surface area contributed by atoms with Crippen LogP contribution in [-0.4, -0.2) is 50.3 Å². The SMILES string of the molecule is CC.CN1CC2NCCOC2C1. The molecule has 0 radical (unpaired) electrons. The van der Waals surface area contributed by atoms with E-state index in [4.69, 9.17) is 4.74 Å². The van der Waals surface area contributed by atoms with Crippen LogP contribution < -0.4 is 5.32 Å². The Morgan fingerprint density at radius 1 is 1.33 bits per heavy atom. The van der Waals surface area contributed by atoms with Crippen LogP contribution in [0.1, 0.15) is 13.8 Å². The second-order valence-corrected chi connectivity index (χ2v) is 3.19. The summed E-state index contributed by atoms with van der Waals surface area (Å²) < 4.78 is 5.57. The van der Waals surface area contributed by atoms with Gasteiger partial charge in [0.05, 0.1) is 12.7 Å². The number of hydrogen-bond donors (Lipinski definition) is 1. The van der Waals surface area contributed by atoms with Crippen molar-refractivity contribution in [3.63, 3.8) is 0 Å². The summed E-state index contributed by atoms with van der Waals surface area (Å²) in [5, 5.41) is 3.44. The van der Waals surface area contributed by atoms with E-state index in [2.05, 4.69) is 17.3 Å². The molecule has 1 N–H and O–H groups in total. The van der Waals surface area contributed by atoms with Crippen molar-refractivity contribution in [3.05, 3.63) is 0 Å². The van der Waals surface area contributed by atoms with Gasteiger partial charge in [-0.05, 0) is 7.05 Å². The normalized spacial score (nSPS) is 35.2. The van der Waals surface area contributed by atoms with E-state index in [0.29, 0.717) is 12.1 Å². The number of hydrogen-bond acceptors (Lipinski definition) is 3. The van der Waals surface area contributed by atoms with Crippen LogP contribution in [-0.2, 0) is 4.74 Å². The van der Waals surface area contributed by atoms with Gasteiger partial charge >= 0.3 is 0 Å². The summed E-state index contributed by atoms with van der Waals surface area (Å²) in [5.74, 6) is 0. The Morgan fingerprint density at radius 2 is 2.08 bits per heavy atom. The van der Waals surface area contributed by atoms with E-state index >= 15 is 0 Å². The van der Waals surface area contributed by atoms with Crippen molar-refractivity contribution < 1.29 is 4.74 Å². The lowest BCUT2D eigenvalue weighted by molar-refractivity contribution is 0.0184. The third-order valence-electron chi connectivity index (χ3n) is 2.29. The summed E-state index contributed by atoms with van der Waals surface area (Å²) in [4.78, 5) is 2.31. The van der Waals surface area contributed by atoms with Gasteiger partial charge in [-0.15, -0.1) is 0 Å². The Hall–Kier alpha value is -0.120. The zero-order valence-corrected chi connectivity index (χ0v) is 8.34. The lowest BCUT2D eigenvalue weighted by Gasteiger charge is -2.25. The minimum absolute atomic E-state index is 0.457. The number of morpholine rings is 1. The van der Waals surface area contributed by atoms with Crippen LogP contribution in [0.5, 0.6) is 0 Å². The van der Waals surface area contributed by atoms with Crippen molar-refractivity contribution >= 4 is 0 Å². The predicted octanol–water partition coefficient (Wildman–Crippen LogP) is 0.315. The molecule has 2 atom stereocenters. The molecule has 0 aromatic carbocycles. The van der Waals surface area contributed by atoms with E-state index in [9.17, 15) is 0 Å². The fourth-order valence-electron chi connectivity index (χ4n) is 1.78. The van der Waals surface area contributed by atoms with Crippen LogP contribution in [0, 0.1) is 0 Å². The molecule has 3 heteroatoms. The van der Waals surface area contributed by atoms with Gasteiger partial charge in [0.25, 0.3) is 0 Å². The molecule has 2 fully saturated rings. The maximum absolute atomic E-state index is 5.57. The highest BCUT2D eigenvalue weighted by molar-refractivity contribution is 4.90. The first-order valence-corrected chi connectivity index (χ1v) is 4.90. The van der Waals surface area contributed by atoms with E-state index in [1.807, 2.05) is 13.8 Å². The second-order valence-electron chi connectivity index (χ2n) is 3.19. The Bertz CT molecular complexity index is 116. The molecule has 3 nitrogen and oxygen atoms in total. The Labute approximate surface area is 75.1 Å². The fourth-order valence-corrected chi connectivity index (χ4v) is 1.78. The first-order chi connectivity index (χ1) is 5.86. The summed E-state index contributed by atoms with van der Waals surface area (Å²) in [6, 6.07) is 0.596. The van der Waals surface area contributed by atoms with Crippen molar-refractivity contribution in [2.75, 3.05) is 33.3 Å². The van der Waals surface area contributed by atoms with E-state index in [1.165, 1.54) is 0 Å². The van der Waals surface area contributed by atoms with Crippen molar-refractivity contribution in [1.29, 1.82) is 0 Å². The van der Waals surface area contributed by atoms with Crippen molar-refractivity contribution in [2.24, 2.45) is 0 Å². The third-order valence-corrected chi connectivity index (χ3v) is 2.29. The molecular formula is C9H20N2O. The Kier molecular flexibility index (Phi) is 3.98. The molecule has 0 amide bonds. The van der Waals surface area contributed by atoms with Crippen LogP contribution in [0.2, 0.25) is 0 Å². The predicted molar refractivity (Wildman–Crippen MR) is 50.4 cm³/mol. The Morgan fingerprint density at radius 3 is 2.75 bits per heavy atom. The molecule has 0 aliphatic carbocycles. The number of fused-ring (bicyclic) bond motifs is 1. The minimum Gasteiger partial charge on any atom is -0.374 e. The van der Waals surface area contributed by atoms with Gasteiger partial charge in [0.1, 0.15) is 0 Å². The number of nitrogens with one attached hydrogen (secondary N) is 1. The van der Waals surface area contributed by atoms with Gasteiger partial charge in [-0.2, -0.15) is 0 Å². The zero-order chi connectivity index (χ0) is 8.97. The number of rotatable bonds is 0. The molecule has 2 rings (SSSR count). The highest BCUT2D eigenvalue weighted by atomic mass is 16.5. The second kappa shape index (κ2) is 4.80. The molecule has 2 saturated heterocycles. The first-order valence-electron chi connectivity index (χ1n) is 4.90. The third kappa shape index (κ3) is 2.19. The van der Waals surface area contributed by atoms with Crippen molar-refractivity contribution in [3.8, 4) is 0 Å². The summed E-state index contributed by atoms with van der Waals surface area (Å²) in [5.41, 5.74) is 0. The monoisotopic (exact) mass is 172 g/mol. The van der Waals surface area contributed by atoms with Gasteiger partial charge in [0.2, 0.25) is 0 Å². The van der Waals surface area contributed by atoms with Gasteiger partial charge in [0, 0.05) is 25.7 Å². The molecule has 2 aliphatic heterocycles. The molecule has 12 heavy (non-hydrogen) atoms. The highest BCUT2D eigenvalue weighted by Crippen LogP contribution is 2.13. The summed E-state index contributed by atoms with van der Waals surface area (Å²) >= 11 is 0. The largest absolute Gasteiger partial charge is 0.374 e. The number of nitrogens with zero attached hydrogens (tertiary/aromatic N) is 1. The quantitative estimate of drug-likeness (QED) is 0.569. The Balaban J connectivity index is 0.000000336. The number of likely N-dealkylation sites (tertiary alicyclic amines) is 1. The van der Waals surface area contributed by atoms with Crippen LogP contribution in [0.15, 0.2) is 0 Å². The van der Waals surface area contributed by atoms with E-state index in [0.717, 1.165) is 26.2 Å². The van der Waals surface area contributed by atoms with Gasteiger partial charge in [-0.1, -0.05) is 13.8 Å². The molecule has 0 saturated carbocycles. The molecular weight excluding hydrogens is 152 g/mol. The zero-order valence-electron chi connectivity index (χ0n) is 8.34. The van der Waals surface area contributed by atoms with Gasteiger partial charge in [-0.25, -0.2) is 0 Å². The van der Waals surface area contributed by atoms with E-state index in [1.54, 1.807) is 0 Å². The van der Waals surface area contributed by atoms with Crippen molar-refractivity contribution in [2.45, 2.75) is 26.0 Å². The van der Waals surface area contributed by atoms with Crippen LogP contribution in [0.25, 0.3) is 0 Å². The van der Waals surface area contributed by atoms with Gasteiger partial charge in [0.15, 0.2) is 0 Å². The lowest BCUT2D eigenvalue weighted by Crippen LogP contribution is -2.47. The van der Waals surface area contributed by atoms with Gasteiger partial charge < -0.3 is 15.0 Å². The standard InChI is InChI=1S/C7H14N2O.C2H6/c1-9-4-6-7(5-9)10-3-2-8-6;1-2/h6-8H,2-5H2,1H3;1-2H3. The average Bonchev–Trinajstić information content (AvgIpc) is 2.48. The lowest BCUT2D eigenvalue weighted by atomic mass is 10.2. The van der Waals surface area contributed by atoms with Gasteiger partial charge in [-0.3, -0.25) is 0 Å². The maximum Gasteiger partial charge on any atom is 0.0867 e. The molecule has 2 heterocycles. The number of likely N-dealkylation sites (N-methyl/N-ethyl adjacent to an activating group) is 1. The van der Waals surface area contributed by atoms with Crippen LogP contribution in [0.4, 0.5) is 0 Å². The molecule has 0 aromatic heterocycles. The highest BCUT2D eigenvalue weighted by Gasteiger charge is 2.33. The summed E-state index contributed by atoms with van der Waals surface area (Å²) in [6.07, 6.45) is 0.457. The van der Waals surface area contributed by atoms with E-state index < -0.39 is 0 Å². The smallest absolute Gasteiger partial charge is 0.0867 e. The first kappa shape index (κ1) is 9.96. The maximum atomic E-state index is 5.57. The molecule has 0 bridgehead atoms. The molecule has 72 valence electrons. The van der Waals surface area contributed by atoms with Crippen molar-refractivity contribution in [1.82, 2.24) is 10.2 Å². The average molecular weight is 172 g/mol. The molecule has 2 aliphatic rings. The van der Waals surface area contributed by atoms with Crippen LogP contribution in [0.3, 0.4) is 0 Å². The number of ether oxygens (including phenoxy) is 1. The molecule has 2 unspecified atom stereocenters. The van der Waals surface area contributed by atoms with E-state index in [-0.39, 0.29) is 0 Å². The van der Waals surface area contributed by atoms with Crippen LogP contribution >= 0.6 is 0 Å². The summed E-state index contributed by atoms with van der Waals surface area (Å²) in [6.45, 7) is 8.15.